The van der Waals surface area contributed by atoms with Gasteiger partial charge in [-0.3, -0.25) is 4.79 Å². The van der Waals surface area contributed by atoms with Crippen molar-refractivity contribution in [3.63, 3.8) is 0 Å². The molecule has 0 unspecified atom stereocenters. The van der Waals surface area contributed by atoms with E-state index < -0.39 is 0 Å². The normalized spacial score (nSPS) is 10.3. The summed E-state index contributed by atoms with van der Waals surface area (Å²) in [5, 5.41) is 12.5. The Morgan fingerprint density at radius 3 is 2.92 bits per heavy atom. The van der Waals surface area contributed by atoms with Crippen molar-refractivity contribution in [2.75, 3.05) is 6.61 Å². The maximum atomic E-state index is 11.3. The van der Waals surface area contributed by atoms with Gasteiger partial charge in [-0.2, -0.15) is 5.10 Å². The van der Waals surface area contributed by atoms with Gasteiger partial charge in [-0.05, 0) is 25.3 Å². The quantitative estimate of drug-likeness (QED) is 0.682. The molecule has 72 valence electrons. The first-order valence-electron chi connectivity index (χ1n) is 4.38. The van der Waals surface area contributed by atoms with E-state index in [0.29, 0.717) is 13.0 Å². The molecular formula is C9H14N2O2. The first-order valence-corrected chi connectivity index (χ1v) is 4.38. The van der Waals surface area contributed by atoms with E-state index in [9.17, 15) is 4.79 Å². The molecule has 4 nitrogen and oxygen atoms in total. The lowest BCUT2D eigenvalue weighted by atomic mass is 10.3. The zero-order valence-electron chi connectivity index (χ0n) is 7.73. The number of hydrogen-bond acceptors (Lipinski definition) is 3. The van der Waals surface area contributed by atoms with E-state index in [-0.39, 0.29) is 12.2 Å². The Hall–Kier alpha value is -1.16. The predicted octanol–water partition coefficient (Wildman–Crippen LogP) is 0.324. The van der Waals surface area contributed by atoms with Gasteiger partial charge in [-0.15, -0.1) is 0 Å². The number of aryl methyl sites for hydroxylation is 2. The van der Waals surface area contributed by atoms with Gasteiger partial charge >= 0.3 is 0 Å². The molecule has 0 spiro atoms. The lowest BCUT2D eigenvalue weighted by molar-refractivity contribution is 0.279. The minimum Gasteiger partial charge on any atom is -0.396 e. The summed E-state index contributed by atoms with van der Waals surface area (Å²) in [5.74, 6) is 0. The predicted molar refractivity (Wildman–Crippen MR) is 49.6 cm³/mol. The van der Waals surface area contributed by atoms with Crippen molar-refractivity contribution in [2.45, 2.75) is 26.3 Å². The van der Waals surface area contributed by atoms with Crippen LogP contribution in [0.15, 0.2) is 17.1 Å². The molecular weight excluding hydrogens is 168 g/mol. The number of aliphatic hydroxyl groups excluding tert-OH is 1. The summed E-state index contributed by atoms with van der Waals surface area (Å²) >= 11 is 0. The minimum atomic E-state index is -0.0714. The number of hydrogen-bond donors (Lipinski definition) is 1. The van der Waals surface area contributed by atoms with Gasteiger partial charge in [-0.1, -0.05) is 0 Å². The van der Waals surface area contributed by atoms with Gasteiger partial charge in [0.15, 0.2) is 0 Å². The van der Waals surface area contributed by atoms with E-state index in [1.165, 1.54) is 4.68 Å². The molecule has 1 N–H and O–H groups in total. The van der Waals surface area contributed by atoms with Crippen molar-refractivity contribution in [2.24, 2.45) is 0 Å². The SMILES string of the molecule is Cc1cnn(CCCCO)c(=O)c1. The Labute approximate surface area is 76.8 Å². The van der Waals surface area contributed by atoms with Crippen LogP contribution in [0, 0.1) is 6.92 Å². The summed E-state index contributed by atoms with van der Waals surface area (Å²) in [6, 6.07) is 1.56. The first kappa shape index (κ1) is 9.92. The minimum absolute atomic E-state index is 0.0714. The summed E-state index contributed by atoms with van der Waals surface area (Å²) in [4.78, 5) is 11.3. The van der Waals surface area contributed by atoms with Crippen molar-refractivity contribution in [3.8, 4) is 0 Å². The number of nitrogens with zero attached hydrogens (tertiary/aromatic N) is 2. The second-order valence-electron chi connectivity index (χ2n) is 3.03. The van der Waals surface area contributed by atoms with E-state index in [0.717, 1.165) is 12.0 Å². The molecule has 0 amide bonds. The molecule has 0 atom stereocenters. The molecule has 0 aliphatic carbocycles. The number of aliphatic hydroxyl groups is 1. The highest BCUT2D eigenvalue weighted by atomic mass is 16.2. The smallest absolute Gasteiger partial charge is 0.266 e. The fourth-order valence-corrected chi connectivity index (χ4v) is 1.07. The molecule has 0 aliphatic heterocycles. The van der Waals surface area contributed by atoms with Gasteiger partial charge in [-0.25, -0.2) is 4.68 Å². The van der Waals surface area contributed by atoms with E-state index in [4.69, 9.17) is 5.11 Å². The van der Waals surface area contributed by atoms with Gasteiger partial charge < -0.3 is 5.11 Å². The highest BCUT2D eigenvalue weighted by Gasteiger charge is 1.96. The van der Waals surface area contributed by atoms with Crippen LogP contribution in [0.25, 0.3) is 0 Å². The first-order chi connectivity index (χ1) is 6.24. The Morgan fingerprint density at radius 1 is 1.54 bits per heavy atom. The van der Waals surface area contributed by atoms with Crippen LogP contribution in [-0.4, -0.2) is 21.5 Å². The Kier molecular flexibility index (Phi) is 3.64. The molecule has 0 saturated carbocycles. The maximum absolute atomic E-state index is 11.3. The summed E-state index contributed by atoms with van der Waals surface area (Å²) in [5.41, 5.74) is 0.807. The maximum Gasteiger partial charge on any atom is 0.266 e. The summed E-state index contributed by atoms with van der Waals surface area (Å²) in [6.07, 6.45) is 3.16. The molecule has 1 heterocycles. The lowest BCUT2D eigenvalue weighted by Gasteiger charge is -2.02. The largest absolute Gasteiger partial charge is 0.396 e. The van der Waals surface area contributed by atoms with Crippen LogP contribution in [0.5, 0.6) is 0 Å². The topological polar surface area (TPSA) is 55.1 Å². The zero-order chi connectivity index (χ0) is 9.68. The molecule has 0 bridgehead atoms. The number of rotatable bonds is 4. The molecule has 4 heteroatoms. The van der Waals surface area contributed by atoms with Crippen LogP contribution < -0.4 is 5.56 Å². The van der Waals surface area contributed by atoms with E-state index in [1.807, 2.05) is 6.92 Å². The van der Waals surface area contributed by atoms with Gasteiger partial charge in [0.1, 0.15) is 0 Å². The Balaban J connectivity index is 2.62. The molecule has 0 aromatic carbocycles. The van der Waals surface area contributed by atoms with Gasteiger partial charge in [0.25, 0.3) is 5.56 Å². The van der Waals surface area contributed by atoms with Crippen molar-refractivity contribution in [1.82, 2.24) is 9.78 Å². The van der Waals surface area contributed by atoms with Crippen molar-refractivity contribution in [1.29, 1.82) is 0 Å². The van der Waals surface area contributed by atoms with E-state index >= 15 is 0 Å². The molecule has 0 radical (unpaired) electrons. The van der Waals surface area contributed by atoms with Crippen LogP contribution >= 0.6 is 0 Å². The van der Waals surface area contributed by atoms with Crippen molar-refractivity contribution in [3.05, 3.63) is 28.2 Å². The molecule has 0 fully saturated rings. The van der Waals surface area contributed by atoms with Gasteiger partial charge in [0.2, 0.25) is 0 Å². The lowest BCUT2D eigenvalue weighted by Crippen LogP contribution is -2.22. The fraction of sp³-hybridized carbons (Fsp3) is 0.556. The van der Waals surface area contributed by atoms with Crippen LogP contribution in [0.4, 0.5) is 0 Å². The van der Waals surface area contributed by atoms with Gasteiger partial charge in [0, 0.05) is 19.2 Å². The van der Waals surface area contributed by atoms with Crippen LogP contribution in [0.2, 0.25) is 0 Å². The standard InChI is InChI=1S/C9H14N2O2/c1-8-6-9(13)11(10-7-8)4-2-3-5-12/h6-7,12H,2-5H2,1H3. The van der Waals surface area contributed by atoms with Crippen LogP contribution in [-0.2, 0) is 6.54 Å². The van der Waals surface area contributed by atoms with Crippen LogP contribution in [0.3, 0.4) is 0 Å². The second kappa shape index (κ2) is 4.77. The monoisotopic (exact) mass is 182 g/mol. The molecule has 0 saturated heterocycles. The third-order valence-corrected chi connectivity index (χ3v) is 1.78. The summed E-state index contributed by atoms with van der Waals surface area (Å²) < 4.78 is 1.42. The fourth-order valence-electron chi connectivity index (χ4n) is 1.07. The van der Waals surface area contributed by atoms with Crippen molar-refractivity contribution >= 4 is 0 Å². The summed E-state index contributed by atoms with van der Waals surface area (Å²) in [7, 11) is 0. The van der Waals surface area contributed by atoms with Crippen LogP contribution in [0.1, 0.15) is 18.4 Å². The van der Waals surface area contributed by atoms with E-state index in [1.54, 1.807) is 12.3 Å². The van der Waals surface area contributed by atoms with Gasteiger partial charge in [0.05, 0.1) is 6.20 Å². The van der Waals surface area contributed by atoms with E-state index in [2.05, 4.69) is 5.10 Å². The molecule has 1 aromatic heterocycles. The molecule has 0 aliphatic rings. The average Bonchev–Trinajstić information content (AvgIpc) is 2.09. The molecule has 13 heavy (non-hydrogen) atoms. The summed E-state index contributed by atoms with van der Waals surface area (Å²) in [6.45, 7) is 2.59. The Bertz CT molecular complexity index is 320. The highest BCUT2D eigenvalue weighted by molar-refractivity contribution is 5.02. The number of unbranched alkanes of at least 4 members (excludes halogenated alkanes) is 1. The third kappa shape index (κ3) is 2.99. The number of aromatic nitrogens is 2. The molecule has 1 aromatic rings. The highest BCUT2D eigenvalue weighted by Crippen LogP contribution is 1.91. The third-order valence-electron chi connectivity index (χ3n) is 1.78. The zero-order valence-corrected chi connectivity index (χ0v) is 7.73. The second-order valence-corrected chi connectivity index (χ2v) is 3.03. The molecule has 1 rings (SSSR count). The average molecular weight is 182 g/mol. The van der Waals surface area contributed by atoms with Crippen molar-refractivity contribution < 1.29 is 5.11 Å². The Morgan fingerprint density at radius 2 is 2.31 bits per heavy atom.